The first-order valence-electron chi connectivity index (χ1n) is 11.6. The van der Waals surface area contributed by atoms with Crippen LogP contribution < -0.4 is 0 Å². The molecule has 2 aromatic carbocycles. The number of benzene rings is 2. The third kappa shape index (κ3) is 3.80. The standard InChI is InChI=1S/C27H30N2O3/c1-19(2)26(30)29-13-10-25(11-14-29)27(31-15-16-32-27)24-7-5-20(6-8-24)21-3-4-23-18-28-12-9-22(23)17-21/h3-9,12,17-19,25H,10-11,13-16H2,1-2H3. The Kier molecular flexibility index (Phi) is 5.70. The van der Waals surface area contributed by atoms with Crippen LogP contribution in [0.5, 0.6) is 0 Å². The normalized spacial score (nSPS) is 19.0. The highest BCUT2D eigenvalue weighted by atomic mass is 16.7. The van der Waals surface area contributed by atoms with E-state index in [4.69, 9.17) is 9.47 Å². The van der Waals surface area contributed by atoms with Crippen molar-refractivity contribution in [2.45, 2.75) is 32.5 Å². The molecule has 1 aromatic heterocycles. The highest BCUT2D eigenvalue weighted by Gasteiger charge is 2.47. The quantitative estimate of drug-likeness (QED) is 0.585. The van der Waals surface area contributed by atoms with E-state index in [0.717, 1.165) is 42.4 Å². The van der Waals surface area contributed by atoms with E-state index in [2.05, 4.69) is 47.4 Å². The Balaban J connectivity index is 1.38. The minimum Gasteiger partial charge on any atom is -0.343 e. The van der Waals surface area contributed by atoms with E-state index in [1.54, 1.807) is 0 Å². The van der Waals surface area contributed by atoms with Crippen LogP contribution in [0.2, 0.25) is 0 Å². The highest BCUT2D eigenvalue weighted by molar-refractivity contribution is 5.86. The summed E-state index contributed by atoms with van der Waals surface area (Å²) in [5, 5.41) is 2.32. The molecule has 3 aromatic rings. The molecule has 1 amide bonds. The fraction of sp³-hybridized carbons (Fsp3) is 0.407. The Bertz CT molecular complexity index is 1100. The van der Waals surface area contributed by atoms with Gasteiger partial charge in [0, 0.05) is 48.3 Å². The van der Waals surface area contributed by atoms with Crippen LogP contribution in [0.1, 0.15) is 32.3 Å². The minimum atomic E-state index is -0.708. The van der Waals surface area contributed by atoms with Crippen molar-refractivity contribution in [1.29, 1.82) is 0 Å². The third-order valence-corrected chi connectivity index (χ3v) is 6.82. The summed E-state index contributed by atoms with van der Waals surface area (Å²) in [4.78, 5) is 18.6. The van der Waals surface area contributed by atoms with Crippen molar-refractivity contribution >= 4 is 16.7 Å². The Morgan fingerprint density at radius 3 is 2.34 bits per heavy atom. The predicted molar refractivity (Wildman–Crippen MR) is 125 cm³/mol. The molecule has 0 radical (unpaired) electrons. The third-order valence-electron chi connectivity index (χ3n) is 6.82. The molecule has 0 aliphatic carbocycles. The summed E-state index contributed by atoms with van der Waals surface area (Å²) in [5.74, 6) is -0.194. The Morgan fingerprint density at radius 1 is 0.969 bits per heavy atom. The molecule has 3 heterocycles. The monoisotopic (exact) mass is 430 g/mol. The fourth-order valence-corrected chi connectivity index (χ4v) is 5.07. The van der Waals surface area contributed by atoms with E-state index in [9.17, 15) is 4.79 Å². The van der Waals surface area contributed by atoms with Gasteiger partial charge in [-0.15, -0.1) is 0 Å². The van der Waals surface area contributed by atoms with Gasteiger partial charge in [-0.3, -0.25) is 9.78 Å². The van der Waals surface area contributed by atoms with Gasteiger partial charge in [0.15, 0.2) is 5.79 Å². The van der Waals surface area contributed by atoms with Crippen LogP contribution in [-0.4, -0.2) is 42.1 Å². The first-order valence-corrected chi connectivity index (χ1v) is 11.6. The number of carbonyl (C=O) groups excluding carboxylic acids is 1. The van der Waals surface area contributed by atoms with E-state index in [0.29, 0.717) is 13.2 Å². The topological polar surface area (TPSA) is 51.7 Å². The van der Waals surface area contributed by atoms with Crippen LogP contribution in [0.15, 0.2) is 60.9 Å². The molecule has 5 heteroatoms. The van der Waals surface area contributed by atoms with Crippen molar-refractivity contribution in [1.82, 2.24) is 9.88 Å². The van der Waals surface area contributed by atoms with E-state index in [1.165, 1.54) is 10.9 Å². The summed E-state index contributed by atoms with van der Waals surface area (Å²) in [6, 6.07) is 17.1. The Morgan fingerprint density at radius 2 is 1.66 bits per heavy atom. The number of nitrogens with zero attached hydrogens (tertiary/aromatic N) is 2. The van der Waals surface area contributed by atoms with Gasteiger partial charge < -0.3 is 14.4 Å². The lowest BCUT2D eigenvalue weighted by molar-refractivity contribution is -0.214. The number of ether oxygens (including phenoxy) is 2. The number of pyridine rings is 1. The Hall–Kier alpha value is -2.76. The van der Waals surface area contributed by atoms with Crippen molar-refractivity contribution in [2.24, 2.45) is 11.8 Å². The second-order valence-corrected chi connectivity index (χ2v) is 9.13. The zero-order chi connectivity index (χ0) is 22.1. The van der Waals surface area contributed by atoms with Gasteiger partial charge >= 0.3 is 0 Å². The minimum absolute atomic E-state index is 0.0402. The molecule has 2 aliphatic heterocycles. The molecule has 2 aliphatic rings. The lowest BCUT2D eigenvalue weighted by Gasteiger charge is -2.41. The summed E-state index contributed by atoms with van der Waals surface area (Å²) in [5.41, 5.74) is 3.41. The molecular formula is C27H30N2O3. The predicted octanol–water partition coefficient (Wildman–Crippen LogP) is 5.00. The number of rotatable bonds is 4. The van der Waals surface area contributed by atoms with Crippen LogP contribution in [0.25, 0.3) is 21.9 Å². The van der Waals surface area contributed by atoms with Gasteiger partial charge in [-0.25, -0.2) is 0 Å². The second-order valence-electron chi connectivity index (χ2n) is 9.13. The van der Waals surface area contributed by atoms with Gasteiger partial charge in [-0.2, -0.15) is 0 Å². The first kappa shape index (κ1) is 21.1. The molecular weight excluding hydrogens is 400 g/mol. The summed E-state index contributed by atoms with van der Waals surface area (Å²) >= 11 is 0. The number of carbonyl (C=O) groups is 1. The number of amides is 1. The van der Waals surface area contributed by atoms with Crippen LogP contribution >= 0.6 is 0 Å². The van der Waals surface area contributed by atoms with E-state index in [1.807, 2.05) is 37.2 Å². The maximum absolute atomic E-state index is 12.4. The van der Waals surface area contributed by atoms with E-state index >= 15 is 0 Å². The average Bonchev–Trinajstić information content (AvgIpc) is 3.35. The summed E-state index contributed by atoms with van der Waals surface area (Å²) in [7, 11) is 0. The molecule has 0 atom stereocenters. The lowest BCUT2D eigenvalue weighted by Crippen LogP contribution is -2.47. The molecule has 5 nitrogen and oxygen atoms in total. The van der Waals surface area contributed by atoms with Gasteiger partial charge in [0.05, 0.1) is 13.2 Å². The van der Waals surface area contributed by atoms with Gasteiger partial charge in [-0.05, 0) is 41.5 Å². The van der Waals surface area contributed by atoms with E-state index < -0.39 is 5.79 Å². The highest BCUT2D eigenvalue weighted by Crippen LogP contribution is 2.44. The summed E-state index contributed by atoms with van der Waals surface area (Å²) in [6.45, 7) is 6.66. The fourth-order valence-electron chi connectivity index (χ4n) is 5.07. The maximum Gasteiger partial charge on any atom is 0.225 e. The number of likely N-dealkylation sites (tertiary alicyclic amines) is 1. The molecule has 166 valence electrons. The van der Waals surface area contributed by atoms with Gasteiger partial charge in [0.25, 0.3) is 0 Å². The Labute approximate surface area is 189 Å². The van der Waals surface area contributed by atoms with Crippen molar-refractivity contribution in [3.05, 3.63) is 66.5 Å². The number of hydrogen-bond donors (Lipinski definition) is 0. The first-order chi connectivity index (χ1) is 15.6. The van der Waals surface area contributed by atoms with Gasteiger partial charge in [-0.1, -0.05) is 50.2 Å². The lowest BCUT2D eigenvalue weighted by atomic mass is 9.83. The molecule has 0 unspecified atom stereocenters. The van der Waals surface area contributed by atoms with E-state index in [-0.39, 0.29) is 17.7 Å². The number of piperidine rings is 1. The molecule has 0 saturated carbocycles. The van der Waals surface area contributed by atoms with Gasteiger partial charge in [0.1, 0.15) is 0 Å². The number of fused-ring (bicyclic) bond motifs is 1. The van der Waals surface area contributed by atoms with Crippen molar-refractivity contribution in [3.8, 4) is 11.1 Å². The maximum atomic E-state index is 12.4. The summed E-state index contributed by atoms with van der Waals surface area (Å²) < 4.78 is 12.6. The second kappa shape index (κ2) is 8.64. The number of hydrogen-bond acceptors (Lipinski definition) is 4. The largest absolute Gasteiger partial charge is 0.343 e. The molecule has 0 N–H and O–H groups in total. The molecule has 32 heavy (non-hydrogen) atoms. The molecule has 5 rings (SSSR count). The number of aromatic nitrogens is 1. The van der Waals surface area contributed by atoms with Crippen molar-refractivity contribution < 1.29 is 14.3 Å². The van der Waals surface area contributed by atoms with Crippen molar-refractivity contribution in [2.75, 3.05) is 26.3 Å². The van der Waals surface area contributed by atoms with Crippen molar-refractivity contribution in [3.63, 3.8) is 0 Å². The SMILES string of the molecule is CC(C)C(=O)N1CCC(C2(c3ccc(-c4ccc5cnccc5c4)cc3)OCCO2)CC1. The van der Waals surface area contributed by atoms with Crippen LogP contribution in [0, 0.1) is 11.8 Å². The zero-order valence-corrected chi connectivity index (χ0v) is 18.8. The van der Waals surface area contributed by atoms with Crippen LogP contribution in [0.4, 0.5) is 0 Å². The van der Waals surface area contributed by atoms with Crippen LogP contribution in [-0.2, 0) is 20.1 Å². The summed E-state index contributed by atoms with van der Waals surface area (Å²) in [6.07, 6.45) is 5.49. The molecule has 0 spiro atoms. The molecule has 0 bridgehead atoms. The van der Waals surface area contributed by atoms with Crippen LogP contribution in [0.3, 0.4) is 0 Å². The zero-order valence-electron chi connectivity index (χ0n) is 18.8. The van der Waals surface area contributed by atoms with Gasteiger partial charge in [0.2, 0.25) is 5.91 Å². The smallest absolute Gasteiger partial charge is 0.225 e. The average molecular weight is 431 g/mol. The molecule has 2 saturated heterocycles. The molecule has 2 fully saturated rings.